The first-order chi connectivity index (χ1) is 15.2. The van der Waals surface area contributed by atoms with E-state index < -0.39 is 29.7 Å². The Bertz CT molecular complexity index is 737. The molecule has 2 amide bonds. The van der Waals surface area contributed by atoms with Crippen LogP contribution in [0.3, 0.4) is 0 Å². The van der Waals surface area contributed by atoms with Crippen LogP contribution in [0, 0.1) is 11.8 Å². The molecule has 0 aliphatic rings. The summed E-state index contributed by atoms with van der Waals surface area (Å²) in [6, 6.07) is 8.21. The number of benzene rings is 1. The molecule has 0 aliphatic heterocycles. The van der Waals surface area contributed by atoms with Crippen molar-refractivity contribution in [2.75, 3.05) is 33.5 Å². The van der Waals surface area contributed by atoms with Crippen molar-refractivity contribution in [3.05, 3.63) is 35.9 Å². The minimum Gasteiger partial charge on any atom is -0.447 e. The first-order valence-corrected chi connectivity index (χ1v) is 10.6. The molecule has 3 N–H and O–H groups in total. The van der Waals surface area contributed by atoms with Gasteiger partial charge < -0.3 is 25.3 Å². The first-order valence-electron chi connectivity index (χ1n) is 10.6. The third-order valence-electron chi connectivity index (χ3n) is 4.67. The van der Waals surface area contributed by atoms with Crippen molar-refractivity contribution < 1.29 is 33.4 Å². The van der Waals surface area contributed by atoms with Gasteiger partial charge in [-0.15, -0.1) is 0 Å². The smallest absolute Gasteiger partial charge is 0.407 e. The second-order valence-corrected chi connectivity index (χ2v) is 7.85. The number of hydrogen-bond donors (Lipinski definition) is 2. The van der Waals surface area contributed by atoms with E-state index in [2.05, 4.69) is 5.32 Å². The maximum absolute atomic E-state index is 13.0. The fourth-order valence-electron chi connectivity index (χ4n) is 3.11. The van der Waals surface area contributed by atoms with Crippen LogP contribution in [-0.4, -0.2) is 63.1 Å². The Kier molecular flexibility index (Phi) is 12.9. The molecule has 2 atom stereocenters. The highest BCUT2D eigenvalue weighted by molar-refractivity contribution is 6.36. The fraction of sp³-hybridized carbons (Fsp3) is 0.565. The van der Waals surface area contributed by atoms with Gasteiger partial charge in [0.2, 0.25) is 5.78 Å². The van der Waals surface area contributed by atoms with Gasteiger partial charge in [-0.1, -0.05) is 44.2 Å². The second kappa shape index (κ2) is 15.1. The highest BCUT2D eigenvalue weighted by Crippen LogP contribution is 2.17. The predicted molar refractivity (Wildman–Crippen MR) is 118 cm³/mol. The fourth-order valence-corrected chi connectivity index (χ4v) is 3.11. The van der Waals surface area contributed by atoms with Gasteiger partial charge in [0.25, 0.3) is 5.91 Å². The summed E-state index contributed by atoms with van der Waals surface area (Å²) in [6.07, 6.45) is -0.401. The Labute approximate surface area is 189 Å². The van der Waals surface area contributed by atoms with E-state index in [9.17, 15) is 19.2 Å². The molecule has 0 spiro atoms. The number of alkyl carbamates (subject to hydrolysis) is 1. The molecular formula is C23H34N2O7. The summed E-state index contributed by atoms with van der Waals surface area (Å²) in [5, 5.41) is 2.57. The van der Waals surface area contributed by atoms with Crippen LogP contribution < -0.4 is 11.1 Å². The van der Waals surface area contributed by atoms with Gasteiger partial charge in [-0.2, -0.15) is 0 Å². The maximum Gasteiger partial charge on any atom is 0.407 e. The molecule has 0 fully saturated rings. The lowest BCUT2D eigenvalue weighted by molar-refractivity contribution is -0.139. The number of carbonyl (C=O) groups is 4. The number of amides is 2. The number of ketones is 2. The third kappa shape index (κ3) is 11.0. The van der Waals surface area contributed by atoms with E-state index in [-0.39, 0.29) is 37.8 Å². The summed E-state index contributed by atoms with van der Waals surface area (Å²) in [5.74, 6) is -3.05. The van der Waals surface area contributed by atoms with Gasteiger partial charge in [0.05, 0.1) is 25.9 Å². The molecule has 0 saturated heterocycles. The molecule has 0 saturated carbocycles. The number of ether oxygens (including phenoxy) is 3. The zero-order valence-corrected chi connectivity index (χ0v) is 19.0. The van der Waals surface area contributed by atoms with E-state index in [1.807, 2.05) is 32.0 Å². The number of carbonyl (C=O) groups excluding carboxylic acids is 4. The highest BCUT2D eigenvalue weighted by atomic mass is 16.6. The van der Waals surface area contributed by atoms with Crippen molar-refractivity contribution in [3.8, 4) is 0 Å². The summed E-state index contributed by atoms with van der Waals surface area (Å²) in [7, 11) is 1.56. The van der Waals surface area contributed by atoms with Crippen molar-refractivity contribution in [1.29, 1.82) is 0 Å². The van der Waals surface area contributed by atoms with Crippen LogP contribution >= 0.6 is 0 Å². The number of primary amides is 1. The number of methoxy groups -OCH3 is 1. The molecule has 1 rings (SSSR count). The van der Waals surface area contributed by atoms with Crippen LogP contribution in [0.2, 0.25) is 0 Å². The normalized spacial score (nSPS) is 12.8. The Hall–Kier alpha value is -2.78. The molecule has 178 valence electrons. The van der Waals surface area contributed by atoms with Crippen LogP contribution in [0.15, 0.2) is 30.3 Å². The van der Waals surface area contributed by atoms with Crippen molar-refractivity contribution >= 4 is 23.6 Å². The first kappa shape index (κ1) is 27.3. The summed E-state index contributed by atoms with van der Waals surface area (Å²) in [6.45, 7) is 4.86. The second-order valence-electron chi connectivity index (χ2n) is 7.85. The van der Waals surface area contributed by atoms with Gasteiger partial charge in [-0.3, -0.25) is 14.4 Å². The molecule has 9 heteroatoms. The highest BCUT2D eigenvalue weighted by Gasteiger charge is 2.30. The van der Waals surface area contributed by atoms with E-state index in [1.165, 1.54) is 0 Å². The Morgan fingerprint density at radius 3 is 2.25 bits per heavy atom. The Morgan fingerprint density at radius 2 is 1.66 bits per heavy atom. The summed E-state index contributed by atoms with van der Waals surface area (Å²) in [4.78, 5) is 49.0. The lowest BCUT2D eigenvalue weighted by Gasteiger charge is -2.22. The zero-order valence-electron chi connectivity index (χ0n) is 19.0. The number of nitrogens with one attached hydrogen (secondary N) is 1. The number of Topliss-reactive ketones (excluding diaryl/α,β-unsaturated/α-hetero) is 2. The molecule has 32 heavy (non-hydrogen) atoms. The molecule has 0 bridgehead atoms. The average molecular weight is 451 g/mol. The van der Waals surface area contributed by atoms with E-state index >= 15 is 0 Å². The van der Waals surface area contributed by atoms with Crippen molar-refractivity contribution in [1.82, 2.24) is 5.32 Å². The van der Waals surface area contributed by atoms with Crippen LogP contribution in [0.25, 0.3) is 0 Å². The van der Waals surface area contributed by atoms with E-state index in [0.717, 1.165) is 5.56 Å². The average Bonchev–Trinajstić information content (AvgIpc) is 2.75. The van der Waals surface area contributed by atoms with Gasteiger partial charge in [-0.05, 0) is 24.3 Å². The van der Waals surface area contributed by atoms with Crippen LogP contribution in [0.5, 0.6) is 0 Å². The topological polar surface area (TPSA) is 134 Å². The number of hydrogen-bond acceptors (Lipinski definition) is 7. The molecule has 0 radical (unpaired) electrons. The lowest BCUT2D eigenvalue weighted by atomic mass is 9.87. The molecule has 0 aromatic heterocycles. The number of nitrogens with two attached hydrogens (primary N) is 1. The van der Waals surface area contributed by atoms with E-state index in [4.69, 9.17) is 19.9 Å². The lowest BCUT2D eigenvalue weighted by Crippen LogP contribution is -2.44. The Balaban J connectivity index is 2.74. The third-order valence-corrected chi connectivity index (χ3v) is 4.67. The largest absolute Gasteiger partial charge is 0.447 e. The summed E-state index contributed by atoms with van der Waals surface area (Å²) >= 11 is 0. The molecule has 1 aromatic carbocycles. The van der Waals surface area contributed by atoms with Crippen LogP contribution in [-0.2, 0) is 35.0 Å². The quantitative estimate of drug-likeness (QED) is 0.289. The minimum absolute atomic E-state index is 0.0227. The molecule has 0 heterocycles. The summed E-state index contributed by atoms with van der Waals surface area (Å²) < 4.78 is 15.1. The van der Waals surface area contributed by atoms with Crippen LogP contribution in [0.1, 0.15) is 32.3 Å². The minimum atomic E-state index is -1.08. The molecule has 0 aliphatic carbocycles. The monoisotopic (exact) mass is 450 g/mol. The molecular weight excluding hydrogens is 416 g/mol. The van der Waals surface area contributed by atoms with Crippen molar-refractivity contribution in [2.45, 2.75) is 39.2 Å². The standard InChI is InChI=1S/C23H34N2O7/c1-16(2)13-19(25-23(29)32-12-11-31-10-9-30-3)20(26)15-18(21(27)22(24)28)14-17-7-5-4-6-8-17/h4-8,16,18-19H,9-15H2,1-3H3,(H2,24,28)(H,25,29)/t18?,19-/m0/s1. The maximum atomic E-state index is 13.0. The molecule has 1 unspecified atom stereocenters. The SMILES string of the molecule is COCCOCCOC(=O)N[C@@H](CC(C)C)C(=O)CC(Cc1ccccc1)C(=O)C(N)=O. The van der Waals surface area contributed by atoms with Crippen molar-refractivity contribution in [3.63, 3.8) is 0 Å². The zero-order chi connectivity index (χ0) is 23.9. The van der Waals surface area contributed by atoms with Crippen LogP contribution in [0.4, 0.5) is 4.79 Å². The molecule has 9 nitrogen and oxygen atoms in total. The Morgan fingerprint density at radius 1 is 1.00 bits per heavy atom. The van der Waals surface area contributed by atoms with Crippen molar-refractivity contribution in [2.24, 2.45) is 17.6 Å². The van der Waals surface area contributed by atoms with E-state index in [0.29, 0.717) is 19.6 Å². The van der Waals surface area contributed by atoms with Gasteiger partial charge in [0.1, 0.15) is 6.61 Å². The van der Waals surface area contributed by atoms with E-state index in [1.54, 1.807) is 19.2 Å². The predicted octanol–water partition coefficient (Wildman–Crippen LogP) is 1.66. The van der Waals surface area contributed by atoms with Gasteiger partial charge >= 0.3 is 6.09 Å². The van der Waals surface area contributed by atoms with Gasteiger partial charge in [0, 0.05) is 19.4 Å². The van der Waals surface area contributed by atoms with Gasteiger partial charge in [0.15, 0.2) is 5.78 Å². The summed E-state index contributed by atoms with van der Waals surface area (Å²) in [5.41, 5.74) is 6.00. The van der Waals surface area contributed by atoms with Gasteiger partial charge in [-0.25, -0.2) is 4.79 Å². The molecule has 1 aromatic rings. The number of rotatable bonds is 16.